The summed E-state index contributed by atoms with van der Waals surface area (Å²) in [6.45, 7) is 4.75. The van der Waals surface area contributed by atoms with Crippen LogP contribution in [0.15, 0.2) is 94.4 Å². The molecule has 6 heteroatoms. The van der Waals surface area contributed by atoms with Gasteiger partial charge >= 0.3 is 0 Å². The van der Waals surface area contributed by atoms with Crippen molar-refractivity contribution in [3.63, 3.8) is 0 Å². The highest BCUT2D eigenvalue weighted by molar-refractivity contribution is 8.04. The van der Waals surface area contributed by atoms with Gasteiger partial charge in [0.25, 0.3) is 11.8 Å². The lowest BCUT2D eigenvalue weighted by Crippen LogP contribution is -2.31. The van der Waals surface area contributed by atoms with Crippen molar-refractivity contribution in [2.45, 2.75) is 25.3 Å². The lowest BCUT2D eigenvalue weighted by atomic mass is 10.2. The number of hydrogen-bond acceptors (Lipinski definition) is 5. The van der Waals surface area contributed by atoms with Crippen LogP contribution in [0.25, 0.3) is 0 Å². The molecule has 3 aromatic rings. The van der Waals surface area contributed by atoms with Gasteiger partial charge in [0.05, 0.1) is 13.2 Å². The summed E-state index contributed by atoms with van der Waals surface area (Å²) in [7, 11) is 0. The maximum absolute atomic E-state index is 13.3. The molecule has 1 aliphatic rings. The Morgan fingerprint density at radius 1 is 0.875 bits per heavy atom. The van der Waals surface area contributed by atoms with Crippen LogP contribution in [0.2, 0.25) is 0 Å². The van der Waals surface area contributed by atoms with E-state index in [4.69, 9.17) is 4.74 Å². The molecule has 4 rings (SSSR count). The van der Waals surface area contributed by atoms with Crippen molar-refractivity contribution in [2.24, 2.45) is 0 Å². The van der Waals surface area contributed by atoms with Crippen molar-refractivity contribution < 1.29 is 14.3 Å². The van der Waals surface area contributed by atoms with E-state index in [1.165, 1.54) is 16.7 Å². The molecule has 0 aliphatic carbocycles. The van der Waals surface area contributed by atoms with Gasteiger partial charge in [0.2, 0.25) is 0 Å². The lowest BCUT2D eigenvalue weighted by Gasteiger charge is -2.15. The number of ether oxygens (including phenoxy) is 1. The number of aryl methyl sites for hydroxylation is 1. The molecule has 32 heavy (non-hydrogen) atoms. The zero-order valence-corrected chi connectivity index (χ0v) is 18.8. The summed E-state index contributed by atoms with van der Waals surface area (Å²) in [5, 5.41) is 3.18. The van der Waals surface area contributed by atoms with Gasteiger partial charge in [-0.2, -0.15) is 0 Å². The number of imide groups is 1. The second kappa shape index (κ2) is 9.75. The van der Waals surface area contributed by atoms with Crippen LogP contribution in [-0.4, -0.2) is 23.3 Å². The minimum absolute atomic E-state index is 0.227. The van der Waals surface area contributed by atoms with Gasteiger partial charge in [0.1, 0.15) is 16.4 Å². The summed E-state index contributed by atoms with van der Waals surface area (Å²) in [5.41, 5.74) is 3.04. The third kappa shape index (κ3) is 4.86. The van der Waals surface area contributed by atoms with Gasteiger partial charge in [-0.15, -0.1) is 0 Å². The fraction of sp³-hybridized carbons (Fsp3) is 0.154. The number of benzene rings is 3. The third-order valence-corrected chi connectivity index (χ3v) is 6.08. The van der Waals surface area contributed by atoms with Crippen LogP contribution < -0.4 is 10.1 Å². The van der Waals surface area contributed by atoms with E-state index in [-0.39, 0.29) is 18.4 Å². The molecule has 5 nitrogen and oxygen atoms in total. The normalized spacial score (nSPS) is 13.6. The number of anilines is 1. The fourth-order valence-electron chi connectivity index (χ4n) is 3.34. The molecule has 3 aromatic carbocycles. The van der Waals surface area contributed by atoms with Gasteiger partial charge in [-0.3, -0.25) is 14.5 Å². The highest BCUT2D eigenvalue weighted by Gasteiger charge is 2.39. The van der Waals surface area contributed by atoms with Crippen molar-refractivity contribution in [3.05, 3.63) is 101 Å². The Hall–Kier alpha value is -3.51. The third-order valence-electron chi connectivity index (χ3n) is 4.98. The van der Waals surface area contributed by atoms with Gasteiger partial charge in [-0.25, -0.2) is 0 Å². The van der Waals surface area contributed by atoms with E-state index in [2.05, 4.69) is 5.32 Å². The zero-order valence-electron chi connectivity index (χ0n) is 18.0. The molecular formula is C26H24N2O3S. The second-order valence-corrected chi connectivity index (χ2v) is 8.47. The van der Waals surface area contributed by atoms with Crippen molar-refractivity contribution in [1.29, 1.82) is 0 Å². The Labute approximate surface area is 192 Å². The Bertz CT molecular complexity index is 1140. The van der Waals surface area contributed by atoms with Crippen LogP contribution in [0.4, 0.5) is 5.69 Å². The maximum Gasteiger partial charge on any atom is 0.278 e. The molecule has 0 radical (unpaired) electrons. The highest BCUT2D eigenvalue weighted by atomic mass is 32.2. The molecule has 0 saturated heterocycles. The van der Waals surface area contributed by atoms with Crippen LogP contribution >= 0.6 is 11.8 Å². The van der Waals surface area contributed by atoms with E-state index in [0.717, 1.165) is 21.8 Å². The summed E-state index contributed by atoms with van der Waals surface area (Å²) < 4.78 is 5.49. The Kier molecular flexibility index (Phi) is 6.61. The molecule has 0 atom stereocenters. The van der Waals surface area contributed by atoms with E-state index < -0.39 is 0 Å². The van der Waals surface area contributed by atoms with E-state index in [1.54, 1.807) is 0 Å². The van der Waals surface area contributed by atoms with E-state index >= 15 is 0 Å². The summed E-state index contributed by atoms with van der Waals surface area (Å²) in [4.78, 5) is 29.2. The Morgan fingerprint density at radius 2 is 1.56 bits per heavy atom. The van der Waals surface area contributed by atoms with Gasteiger partial charge in [0, 0.05) is 10.6 Å². The summed E-state index contributed by atoms with van der Waals surface area (Å²) in [6.07, 6.45) is 0. The molecule has 0 unspecified atom stereocenters. The van der Waals surface area contributed by atoms with Crippen molar-refractivity contribution in [1.82, 2.24) is 4.90 Å². The first-order valence-electron chi connectivity index (χ1n) is 10.4. The predicted octanol–water partition coefficient (Wildman–Crippen LogP) is 5.38. The monoisotopic (exact) mass is 444 g/mol. The van der Waals surface area contributed by atoms with E-state index in [9.17, 15) is 9.59 Å². The van der Waals surface area contributed by atoms with Crippen LogP contribution in [0, 0.1) is 6.92 Å². The quantitative estimate of drug-likeness (QED) is 0.473. The van der Waals surface area contributed by atoms with E-state index in [1.807, 2.05) is 92.7 Å². The van der Waals surface area contributed by atoms with Crippen LogP contribution in [0.5, 0.6) is 5.75 Å². The van der Waals surface area contributed by atoms with Gasteiger partial charge in [0.15, 0.2) is 0 Å². The first-order chi connectivity index (χ1) is 15.5. The molecule has 0 bridgehead atoms. The van der Waals surface area contributed by atoms with Gasteiger partial charge in [-0.1, -0.05) is 59.8 Å². The average Bonchev–Trinajstić information content (AvgIpc) is 3.02. The van der Waals surface area contributed by atoms with Crippen molar-refractivity contribution in [3.8, 4) is 5.75 Å². The largest absolute Gasteiger partial charge is 0.494 e. The molecule has 0 saturated carbocycles. The predicted molar refractivity (Wildman–Crippen MR) is 127 cm³/mol. The number of nitrogens with zero attached hydrogens (tertiary/aromatic N) is 1. The van der Waals surface area contributed by atoms with Crippen molar-refractivity contribution >= 4 is 29.3 Å². The number of carbonyl (C=O) groups is 2. The second-order valence-electron chi connectivity index (χ2n) is 7.38. The highest BCUT2D eigenvalue weighted by Crippen LogP contribution is 2.36. The minimum atomic E-state index is -0.331. The Morgan fingerprint density at radius 3 is 2.22 bits per heavy atom. The molecule has 0 spiro atoms. The molecular weight excluding hydrogens is 420 g/mol. The van der Waals surface area contributed by atoms with Gasteiger partial charge in [-0.05, 0) is 55.8 Å². The standard InChI is InChI=1S/C26H24N2O3S/c1-3-31-21-13-11-20(12-14-21)27-23-24(32-22-15-9-18(2)10-16-22)26(30)28(25(23)29)17-19-7-5-4-6-8-19/h4-16,27H,3,17H2,1-2H3. The van der Waals surface area contributed by atoms with E-state index in [0.29, 0.717) is 22.9 Å². The maximum atomic E-state index is 13.3. The number of hydrogen-bond donors (Lipinski definition) is 1. The number of thioether (sulfide) groups is 1. The first kappa shape index (κ1) is 21.7. The van der Waals surface area contributed by atoms with Crippen LogP contribution in [-0.2, 0) is 16.1 Å². The smallest absolute Gasteiger partial charge is 0.278 e. The van der Waals surface area contributed by atoms with Crippen LogP contribution in [0.3, 0.4) is 0 Å². The average molecular weight is 445 g/mol. The molecule has 2 amide bonds. The minimum Gasteiger partial charge on any atom is -0.494 e. The number of rotatable bonds is 8. The van der Waals surface area contributed by atoms with Gasteiger partial charge < -0.3 is 10.1 Å². The first-order valence-corrected chi connectivity index (χ1v) is 11.3. The molecule has 0 fully saturated rings. The molecule has 1 N–H and O–H groups in total. The Balaban J connectivity index is 1.64. The fourth-order valence-corrected chi connectivity index (χ4v) is 4.28. The molecule has 1 aliphatic heterocycles. The molecule has 1 heterocycles. The summed E-state index contributed by atoms with van der Waals surface area (Å²) in [5.74, 6) is 0.126. The number of amides is 2. The topological polar surface area (TPSA) is 58.6 Å². The van der Waals surface area contributed by atoms with Crippen molar-refractivity contribution in [2.75, 3.05) is 11.9 Å². The zero-order chi connectivity index (χ0) is 22.5. The molecule has 0 aromatic heterocycles. The van der Waals surface area contributed by atoms with Crippen LogP contribution in [0.1, 0.15) is 18.1 Å². The summed E-state index contributed by atoms with van der Waals surface area (Å²) >= 11 is 1.31. The number of nitrogens with one attached hydrogen (secondary N) is 1. The number of carbonyl (C=O) groups excluding carboxylic acids is 2. The SMILES string of the molecule is CCOc1ccc(NC2=C(Sc3ccc(C)cc3)C(=O)N(Cc3ccccc3)C2=O)cc1. The molecule has 162 valence electrons. The summed E-state index contributed by atoms with van der Waals surface area (Å²) in [6, 6.07) is 24.8. The lowest BCUT2D eigenvalue weighted by molar-refractivity contribution is -0.137.